The Kier molecular flexibility index (Phi) is 8.91. The number of nitrogens with zero attached hydrogens (tertiary/aromatic N) is 1. The SMILES string of the molecule is CC(=O)N[C@@H]1CCC[C@H]1CC(=O)C[C@@H]1CCc2cc(C(O)(C(F)(F)F)C(F)(F)F)ccc2N1S(=O)(=O)c1ccc(F)cc1. The summed E-state index contributed by atoms with van der Waals surface area (Å²) in [5.41, 5.74) is -7.24. The second-order valence-electron chi connectivity index (χ2n) is 10.9. The molecule has 236 valence electrons. The van der Waals surface area contributed by atoms with E-state index >= 15 is 0 Å². The Labute approximate surface area is 243 Å². The van der Waals surface area contributed by atoms with Gasteiger partial charge in [0.2, 0.25) is 5.91 Å². The summed E-state index contributed by atoms with van der Waals surface area (Å²) in [7, 11) is -4.60. The second-order valence-corrected chi connectivity index (χ2v) is 12.8. The fourth-order valence-electron chi connectivity index (χ4n) is 5.95. The van der Waals surface area contributed by atoms with Gasteiger partial charge in [-0.3, -0.25) is 13.9 Å². The molecule has 1 saturated carbocycles. The molecule has 0 unspecified atom stereocenters. The minimum atomic E-state index is -6.14. The van der Waals surface area contributed by atoms with E-state index in [9.17, 15) is 53.8 Å². The van der Waals surface area contributed by atoms with Crippen molar-refractivity contribution in [1.82, 2.24) is 5.32 Å². The Hall–Kier alpha value is -3.20. The van der Waals surface area contributed by atoms with Crippen LogP contribution in [0.15, 0.2) is 47.4 Å². The van der Waals surface area contributed by atoms with Crippen LogP contribution >= 0.6 is 0 Å². The minimum Gasteiger partial charge on any atom is -0.369 e. The molecule has 2 aliphatic rings. The molecule has 1 fully saturated rings. The number of ketones is 1. The molecule has 0 radical (unpaired) electrons. The average Bonchev–Trinajstić information content (AvgIpc) is 3.31. The van der Waals surface area contributed by atoms with Gasteiger partial charge in [-0.25, -0.2) is 12.8 Å². The van der Waals surface area contributed by atoms with Gasteiger partial charge in [-0.05, 0) is 67.5 Å². The molecular weight excluding hydrogens is 609 g/mol. The summed E-state index contributed by atoms with van der Waals surface area (Å²) in [6, 6.07) is 3.92. The van der Waals surface area contributed by atoms with Crippen molar-refractivity contribution < 1.29 is 53.8 Å². The molecule has 15 heteroatoms. The molecular formula is C28H29F7N2O5S. The lowest BCUT2D eigenvalue weighted by molar-refractivity contribution is -0.376. The predicted octanol–water partition coefficient (Wildman–Crippen LogP) is 5.30. The van der Waals surface area contributed by atoms with Gasteiger partial charge in [0.05, 0.1) is 16.6 Å². The number of carbonyl (C=O) groups is 2. The van der Waals surface area contributed by atoms with Crippen molar-refractivity contribution in [2.24, 2.45) is 5.92 Å². The number of hydrogen-bond donors (Lipinski definition) is 2. The molecule has 1 heterocycles. The number of benzene rings is 2. The molecule has 2 aromatic carbocycles. The lowest BCUT2D eigenvalue weighted by Gasteiger charge is -2.39. The third-order valence-electron chi connectivity index (χ3n) is 8.01. The van der Waals surface area contributed by atoms with E-state index in [-0.39, 0.29) is 60.6 Å². The van der Waals surface area contributed by atoms with E-state index in [0.29, 0.717) is 25.0 Å². The van der Waals surface area contributed by atoms with Crippen molar-refractivity contribution in [1.29, 1.82) is 0 Å². The number of Topliss-reactive ketones (excluding diaryl/α,β-unsaturated/α-hetero) is 1. The number of fused-ring (bicyclic) bond motifs is 1. The van der Waals surface area contributed by atoms with E-state index in [1.807, 2.05) is 0 Å². The topological polar surface area (TPSA) is 104 Å². The number of anilines is 1. The summed E-state index contributed by atoms with van der Waals surface area (Å²) in [6.07, 6.45) is -10.8. The first kappa shape index (κ1) is 32.7. The molecule has 2 N–H and O–H groups in total. The van der Waals surface area contributed by atoms with E-state index < -0.39 is 50.3 Å². The molecule has 0 aromatic heterocycles. The third kappa shape index (κ3) is 6.37. The molecule has 2 aromatic rings. The Morgan fingerprint density at radius 1 is 0.953 bits per heavy atom. The van der Waals surface area contributed by atoms with Crippen molar-refractivity contribution in [3.05, 3.63) is 59.4 Å². The van der Waals surface area contributed by atoms with E-state index in [2.05, 4.69) is 5.32 Å². The smallest absolute Gasteiger partial charge is 0.369 e. The number of amides is 1. The maximum absolute atomic E-state index is 13.8. The van der Waals surface area contributed by atoms with E-state index in [0.717, 1.165) is 41.1 Å². The molecule has 1 aliphatic heterocycles. The molecule has 4 rings (SSSR count). The van der Waals surface area contributed by atoms with Gasteiger partial charge < -0.3 is 10.4 Å². The summed E-state index contributed by atoms with van der Waals surface area (Å²) in [4.78, 5) is 24.3. The highest BCUT2D eigenvalue weighted by Crippen LogP contribution is 2.51. The summed E-state index contributed by atoms with van der Waals surface area (Å²) in [5.74, 6) is -1.53. The molecule has 0 saturated heterocycles. The third-order valence-corrected chi connectivity index (χ3v) is 9.89. The van der Waals surface area contributed by atoms with Gasteiger partial charge in [-0.1, -0.05) is 18.6 Å². The lowest BCUT2D eigenvalue weighted by Crippen LogP contribution is -2.54. The Balaban J connectivity index is 1.73. The van der Waals surface area contributed by atoms with Crippen molar-refractivity contribution in [3.63, 3.8) is 0 Å². The minimum absolute atomic E-state index is 0.0296. The van der Waals surface area contributed by atoms with Crippen LogP contribution in [-0.4, -0.2) is 49.7 Å². The number of alkyl halides is 6. The molecule has 1 amide bonds. The molecule has 0 bridgehead atoms. The van der Waals surface area contributed by atoms with E-state index in [1.54, 1.807) is 0 Å². The second kappa shape index (κ2) is 11.7. The first-order valence-corrected chi connectivity index (χ1v) is 14.9. The first-order chi connectivity index (χ1) is 19.9. The number of sulfonamides is 1. The van der Waals surface area contributed by atoms with Crippen LogP contribution in [0.1, 0.15) is 56.6 Å². The van der Waals surface area contributed by atoms with Gasteiger partial charge in [0.15, 0.2) is 0 Å². The number of carbonyl (C=O) groups excluding carboxylic acids is 2. The van der Waals surface area contributed by atoms with Gasteiger partial charge in [0.1, 0.15) is 11.6 Å². The fraction of sp³-hybridized carbons (Fsp3) is 0.500. The molecule has 0 spiro atoms. The van der Waals surface area contributed by atoms with Crippen LogP contribution in [0.2, 0.25) is 0 Å². The number of halogens is 7. The van der Waals surface area contributed by atoms with Crippen molar-refractivity contribution >= 4 is 27.4 Å². The van der Waals surface area contributed by atoms with Crippen LogP contribution < -0.4 is 9.62 Å². The largest absolute Gasteiger partial charge is 0.430 e. The number of hydrogen-bond acceptors (Lipinski definition) is 5. The van der Waals surface area contributed by atoms with Crippen LogP contribution in [0.3, 0.4) is 0 Å². The quantitative estimate of drug-likeness (QED) is 0.382. The lowest BCUT2D eigenvalue weighted by atomic mass is 9.86. The first-order valence-electron chi connectivity index (χ1n) is 13.4. The Morgan fingerprint density at radius 3 is 2.16 bits per heavy atom. The monoisotopic (exact) mass is 638 g/mol. The summed E-state index contributed by atoms with van der Waals surface area (Å²) < 4.78 is 123. The highest BCUT2D eigenvalue weighted by molar-refractivity contribution is 7.92. The predicted molar refractivity (Wildman–Crippen MR) is 140 cm³/mol. The fourth-order valence-corrected chi connectivity index (χ4v) is 7.67. The highest BCUT2D eigenvalue weighted by atomic mass is 32.2. The number of aliphatic hydroxyl groups is 1. The van der Waals surface area contributed by atoms with Gasteiger partial charge in [-0.15, -0.1) is 0 Å². The van der Waals surface area contributed by atoms with Crippen molar-refractivity contribution in [3.8, 4) is 0 Å². The van der Waals surface area contributed by atoms with Gasteiger partial charge >= 0.3 is 12.4 Å². The van der Waals surface area contributed by atoms with Crippen LogP contribution in [0, 0.1) is 11.7 Å². The van der Waals surface area contributed by atoms with Gasteiger partial charge in [-0.2, -0.15) is 26.3 Å². The van der Waals surface area contributed by atoms with Crippen LogP contribution in [0.25, 0.3) is 0 Å². The summed E-state index contributed by atoms with van der Waals surface area (Å²) in [6.45, 7) is 1.35. The highest BCUT2D eigenvalue weighted by Gasteiger charge is 2.71. The number of rotatable bonds is 8. The van der Waals surface area contributed by atoms with E-state index in [4.69, 9.17) is 0 Å². The normalized spacial score (nSPS) is 21.4. The molecule has 7 nitrogen and oxygen atoms in total. The molecule has 3 atom stereocenters. The number of aryl methyl sites for hydroxylation is 1. The molecule has 43 heavy (non-hydrogen) atoms. The summed E-state index contributed by atoms with van der Waals surface area (Å²) >= 11 is 0. The van der Waals surface area contributed by atoms with E-state index in [1.165, 1.54) is 6.92 Å². The standard InChI is InChI=1S/C28H29F7N2O5S/c1-16(38)36-24-4-2-3-17(24)14-22(39)15-21-9-5-18-13-19(26(40,27(30,31)32)28(33,34)35)6-12-25(18)37(21)43(41,42)23-10-7-20(29)8-11-23/h6-8,10-13,17,21,24,40H,2-5,9,14-15H2,1H3,(H,36,38)/t17-,21-,24+/m0/s1. The zero-order chi connectivity index (χ0) is 32.0. The Bertz CT molecular complexity index is 1460. The summed E-state index contributed by atoms with van der Waals surface area (Å²) in [5, 5.41) is 12.7. The van der Waals surface area contributed by atoms with Crippen LogP contribution in [0.4, 0.5) is 36.4 Å². The average molecular weight is 639 g/mol. The maximum atomic E-state index is 13.8. The van der Waals surface area contributed by atoms with Crippen molar-refractivity contribution in [2.75, 3.05) is 4.31 Å². The van der Waals surface area contributed by atoms with Crippen LogP contribution in [0.5, 0.6) is 0 Å². The number of nitrogens with one attached hydrogen (secondary N) is 1. The molecule has 1 aliphatic carbocycles. The maximum Gasteiger partial charge on any atom is 0.430 e. The van der Waals surface area contributed by atoms with Gasteiger partial charge in [0.25, 0.3) is 15.6 Å². The zero-order valence-electron chi connectivity index (χ0n) is 22.8. The van der Waals surface area contributed by atoms with Crippen molar-refractivity contribution in [2.45, 2.75) is 86.8 Å². The van der Waals surface area contributed by atoms with Gasteiger partial charge in [0, 0.05) is 31.4 Å². The van der Waals surface area contributed by atoms with Crippen LogP contribution in [-0.2, 0) is 31.6 Å². The zero-order valence-corrected chi connectivity index (χ0v) is 23.6. The Morgan fingerprint density at radius 2 is 1.58 bits per heavy atom.